The average Bonchev–Trinajstić information content (AvgIpc) is 3.40. The minimum atomic E-state index is -1.37. The van der Waals surface area contributed by atoms with E-state index < -0.39 is 11.0 Å². The second kappa shape index (κ2) is 10.2. The number of nitrogens with zero attached hydrogens (tertiary/aromatic N) is 1. The third kappa shape index (κ3) is 5.62. The van der Waals surface area contributed by atoms with Gasteiger partial charge in [0, 0.05) is 24.2 Å². The number of thiophene rings is 1. The lowest BCUT2D eigenvalue weighted by Gasteiger charge is -2.07. The number of carbonyl (C=O) groups excluding carboxylic acids is 1. The molecular formula is C21H19ClN4O2S3. The van der Waals surface area contributed by atoms with E-state index in [-0.39, 0.29) is 5.91 Å². The van der Waals surface area contributed by atoms with Crippen LogP contribution in [0.1, 0.15) is 16.1 Å². The molecule has 0 aliphatic heterocycles. The zero-order valence-corrected chi connectivity index (χ0v) is 19.5. The Balaban J connectivity index is 1.32. The van der Waals surface area contributed by atoms with Crippen LogP contribution in [-0.4, -0.2) is 27.6 Å². The molecule has 1 amide bonds. The maximum atomic E-state index is 12.7. The Labute approximate surface area is 195 Å². The van der Waals surface area contributed by atoms with E-state index in [0.717, 1.165) is 28.0 Å². The van der Waals surface area contributed by atoms with E-state index in [4.69, 9.17) is 11.6 Å². The van der Waals surface area contributed by atoms with Crippen molar-refractivity contribution >= 4 is 73.0 Å². The highest BCUT2D eigenvalue weighted by atomic mass is 35.5. The molecule has 10 heteroatoms. The van der Waals surface area contributed by atoms with Gasteiger partial charge >= 0.3 is 0 Å². The Bertz CT molecular complexity index is 1210. The number of anilines is 2. The van der Waals surface area contributed by atoms with E-state index in [1.165, 1.54) is 22.9 Å². The van der Waals surface area contributed by atoms with Gasteiger partial charge in [-0.15, -0.1) is 11.3 Å². The van der Waals surface area contributed by atoms with Crippen molar-refractivity contribution in [3.05, 3.63) is 69.9 Å². The first kappa shape index (κ1) is 21.8. The van der Waals surface area contributed by atoms with Crippen molar-refractivity contribution in [3.8, 4) is 0 Å². The fourth-order valence-corrected chi connectivity index (χ4v) is 5.43. The zero-order chi connectivity index (χ0) is 21.6. The second-order valence-corrected chi connectivity index (χ2v) is 10.3. The number of nitrogens with one attached hydrogen (secondary N) is 3. The Morgan fingerprint density at radius 3 is 2.68 bits per heavy atom. The van der Waals surface area contributed by atoms with Gasteiger partial charge in [0.25, 0.3) is 5.91 Å². The molecule has 0 fully saturated rings. The summed E-state index contributed by atoms with van der Waals surface area (Å²) in [7, 11) is -1.37. The van der Waals surface area contributed by atoms with Crippen LogP contribution < -0.4 is 15.4 Å². The van der Waals surface area contributed by atoms with Gasteiger partial charge in [-0.1, -0.05) is 29.8 Å². The number of hydrogen-bond acceptors (Lipinski definition) is 6. The number of rotatable bonds is 9. The van der Waals surface area contributed by atoms with Crippen LogP contribution in [0, 0.1) is 0 Å². The van der Waals surface area contributed by atoms with Gasteiger partial charge in [-0.05, 0) is 60.4 Å². The quantitative estimate of drug-likeness (QED) is 0.275. The van der Waals surface area contributed by atoms with Crippen LogP contribution >= 0.6 is 34.5 Å². The summed E-state index contributed by atoms with van der Waals surface area (Å²) in [5, 5.41) is 7.13. The molecule has 1 unspecified atom stereocenters. The van der Waals surface area contributed by atoms with Crippen molar-refractivity contribution in [3.63, 3.8) is 0 Å². The Morgan fingerprint density at radius 2 is 1.90 bits per heavy atom. The fourth-order valence-electron chi connectivity index (χ4n) is 2.85. The molecule has 2 heterocycles. The predicted octanol–water partition coefficient (Wildman–Crippen LogP) is 5.38. The van der Waals surface area contributed by atoms with Crippen LogP contribution in [0.2, 0.25) is 4.34 Å². The van der Waals surface area contributed by atoms with Crippen LogP contribution in [-0.2, 0) is 11.0 Å². The van der Waals surface area contributed by atoms with Crippen molar-refractivity contribution < 1.29 is 9.00 Å². The summed E-state index contributed by atoms with van der Waals surface area (Å²) < 4.78 is 21.8. The summed E-state index contributed by atoms with van der Waals surface area (Å²) >= 11 is 8.52. The van der Waals surface area contributed by atoms with E-state index in [9.17, 15) is 9.00 Å². The topological polar surface area (TPSA) is 83.1 Å². The van der Waals surface area contributed by atoms with Crippen molar-refractivity contribution in [1.82, 2.24) is 9.69 Å². The molecule has 4 aromatic rings. The molecule has 2 aromatic carbocycles. The number of aromatic nitrogens is 1. The lowest BCUT2D eigenvalue weighted by molar-refractivity contribution is 0.0957. The Hall–Kier alpha value is -2.46. The van der Waals surface area contributed by atoms with Gasteiger partial charge in [-0.3, -0.25) is 4.79 Å². The number of carbonyl (C=O) groups is 1. The van der Waals surface area contributed by atoms with Gasteiger partial charge in [-0.25, -0.2) is 4.21 Å². The molecule has 0 saturated carbocycles. The first-order chi connectivity index (χ1) is 15.1. The molecule has 6 nitrogen and oxygen atoms in total. The number of para-hydroxylation sites is 1. The van der Waals surface area contributed by atoms with E-state index in [2.05, 4.69) is 19.7 Å². The molecule has 0 bridgehead atoms. The summed E-state index contributed by atoms with van der Waals surface area (Å²) in [5.41, 5.74) is 0.801. The molecule has 0 aliphatic rings. The summed E-state index contributed by atoms with van der Waals surface area (Å²) in [6.45, 7) is 1.19. The normalized spacial score (nSPS) is 11.9. The molecule has 31 heavy (non-hydrogen) atoms. The lowest BCUT2D eigenvalue weighted by atomic mass is 10.2. The summed E-state index contributed by atoms with van der Waals surface area (Å²) in [6, 6.07) is 18.6. The second-order valence-electron chi connectivity index (χ2n) is 6.57. The van der Waals surface area contributed by atoms with E-state index >= 15 is 0 Å². The van der Waals surface area contributed by atoms with Crippen LogP contribution in [0.3, 0.4) is 0 Å². The highest BCUT2D eigenvalue weighted by molar-refractivity contribution is 7.86. The van der Waals surface area contributed by atoms with Gasteiger partial charge in [0.05, 0.1) is 18.8 Å². The number of fused-ring (bicyclic) bond motifs is 1. The van der Waals surface area contributed by atoms with Gasteiger partial charge in [0.15, 0.2) is 0 Å². The summed E-state index contributed by atoms with van der Waals surface area (Å²) in [5.74, 6) is 0.643. The lowest BCUT2D eigenvalue weighted by Crippen LogP contribution is -2.25. The third-order valence-corrected chi connectivity index (χ3v) is 7.53. The summed E-state index contributed by atoms with van der Waals surface area (Å²) in [4.78, 5) is 13.3. The monoisotopic (exact) mass is 490 g/mol. The van der Waals surface area contributed by atoms with Crippen molar-refractivity contribution in [2.24, 2.45) is 0 Å². The predicted molar refractivity (Wildman–Crippen MR) is 131 cm³/mol. The van der Waals surface area contributed by atoms with Crippen LogP contribution in [0.15, 0.2) is 65.6 Å². The molecular weight excluding hydrogens is 472 g/mol. The SMILES string of the molecule is O=C(NCCCNc1nsc2ccc(S(=O)Nc3ccccc3)cc12)c1ccc(Cl)s1. The highest BCUT2D eigenvalue weighted by Gasteiger charge is 2.11. The molecule has 160 valence electrons. The van der Waals surface area contributed by atoms with E-state index in [1.807, 2.05) is 48.5 Å². The maximum Gasteiger partial charge on any atom is 0.261 e. The molecule has 2 aromatic heterocycles. The van der Waals surface area contributed by atoms with Crippen molar-refractivity contribution in [1.29, 1.82) is 0 Å². The maximum absolute atomic E-state index is 12.7. The molecule has 0 saturated heterocycles. The van der Waals surface area contributed by atoms with Crippen molar-refractivity contribution in [2.45, 2.75) is 11.3 Å². The first-order valence-corrected chi connectivity index (χ1v) is 12.6. The number of hydrogen-bond donors (Lipinski definition) is 3. The molecule has 0 radical (unpaired) electrons. The molecule has 0 spiro atoms. The standard InChI is InChI=1S/C21H19ClN4O2S3/c22-19-10-9-18(29-19)21(27)24-12-4-11-23-20-16-13-15(7-8-17(16)30-25-20)31(28)26-14-5-2-1-3-6-14/h1-3,5-10,13,26H,4,11-12H2,(H,23,25)(H,24,27). The number of amides is 1. The largest absolute Gasteiger partial charge is 0.369 e. The van der Waals surface area contributed by atoms with Gasteiger partial charge < -0.3 is 15.4 Å². The van der Waals surface area contributed by atoms with E-state index in [1.54, 1.807) is 12.1 Å². The Morgan fingerprint density at radius 1 is 1.06 bits per heavy atom. The van der Waals surface area contributed by atoms with Gasteiger partial charge in [-0.2, -0.15) is 4.37 Å². The average molecular weight is 491 g/mol. The van der Waals surface area contributed by atoms with Crippen LogP contribution in [0.4, 0.5) is 11.5 Å². The minimum absolute atomic E-state index is 0.117. The molecule has 1 atom stereocenters. The first-order valence-electron chi connectivity index (χ1n) is 9.50. The molecule has 0 aliphatic carbocycles. The van der Waals surface area contributed by atoms with Gasteiger partial charge in [0.1, 0.15) is 16.8 Å². The highest BCUT2D eigenvalue weighted by Crippen LogP contribution is 2.29. The minimum Gasteiger partial charge on any atom is -0.369 e. The molecule has 3 N–H and O–H groups in total. The summed E-state index contributed by atoms with van der Waals surface area (Å²) in [6.07, 6.45) is 0.741. The fraction of sp³-hybridized carbons (Fsp3) is 0.143. The van der Waals surface area contributed by atoms with Gasteiger partial charge in [0.2, 0.25) is 0 Å². The number of benzene rings is 2. The zero-order valence-electron chi connectivity index (χ0n) is 16.3. The number of halogens is 1. The van der Waals surface area contributed by atoms with Crippen molar-refractivity contribution in [2.75, 3.05) is 23.1 Å². The smallest absolute Gasteiger partial charge is 0.261 e. The Kier molecular flexibility index (Phi) is 7.18. The van der Waals surface area contributed by atoms with E-state index in [0.29, 0.717) is 27.2 Å². The third-order valence-electron chi connectivity index (χ3n) is 4.37. The molecule has 4 rings (SSSR count). The van der Waals surface area contributed by atoms with Crippen LogP contribution in [0.5, 0.6) is 0 Å². The van der Waals surface area contributed by atoms with Crippen LogP contribution in [0.25, 0.3) is 10.1 Å².